The van der Waals surface area contributed by atoms with E-state index >= 15 is 0 Å². The highest BCUT2D eigenvalue weighted by atomic mass is 16.7. The minimum atomic E-state index is -0.378. The molecule has 1 aromatic carbocycles. The Morgan fingerprint density at radius 1 is 1.19 bits per heavy atom. The summed E-state index contributed by atoms with van der Waals surface area (Å²) in [5, 5.41) is 13.7. The van der Waals surface area contributed by atoms with Crippen LogP contribution in [0.15, 0.2) is 36.9 Å². The van der Waals surface area contributed by atoms with Crippen LogP contribution in [0.2, 0.25) is 0 Å². The van der Waals surface area contributed by atoms with E-state index in [1.807, 2.05) is 18.2 Å². The first-order chi connectivity index (χ1) is 12.6. The Morgan fingerprint density at radius 2 is 1.85 bits per heavy atom. The molecule has 0 amide bonds. The van der Waals surface area contributed by atoms with Crippen molar-refractivity contribution in [3.05, 3.63) is 42.5 Å². The van der Waals surface area contributed by atoms with Gasteiger partial charge in [-0.05, 0) is 43.4 Å². The molecule has 0 bridgehead atoms. The van der Waals surface area contributed by atoms with E-state index < -0.39 is 0 Å². The molecule has 1 aromatic rings. The molecule has 5 heteroatoms. The molecule has 1 spiro atoms. The van der Waals surface area contributed by atoms with E-state index in [0.717, 1.165) is 44.3 Å². The van der Waals surface area contributed by atoms with E-state index in [-0.39, 0.29) is 24.0 Å². The molecule has 1 saturated heterocycles. The largest absolute Gasteiger partial charge is 0.497 e. The van der Waals surface area contributed by atoms with Gasteiger partial charge in [0.2, 0.25) is 0 Å². The van der Waals surface area contributed by atoms with Crippen LogP contribution in [0.4, 0.5) is 0 Å². The summed E-state index contributed by atoms with van der Waals surface area (Å²) in [5.74, 6) is 0.469. The van der Waals surface area contributed by atoms with Crippen molar-refractivity contribution in [2.75, 3.05) is 26.9 Å². The van der Waals surface area contributed by atoms with Crippen LogP contribution >= 0.6 is 0 Å². The molecule has 1 atom stereocenters. The molecule has 1 aliphatic carbocycles. The van der Waals surface area contributed by atoms with Crippen LogP contribution in [0.5, 0.6) is 5.75 Å². The average molecular weight is 361 g/mol. The molecule has 0 aromatic heterocycles. The summed E-state index contributed by atoms with van der Waals surface area (Å²) in [4.78, 5) is 0. The summed E-state index contributed by atoms with van der Waals surface area (Å²) in [6.45, 7) is 5.43. The highest BCUT2D eigenvalue weighted by Crippen LogP contribution is 2.42. The van der Waals surface area contributed by atoms with Gasteiger partial charge in [0.1, 0.15) is 5.75 Å². The number of rotatable bonds is 8. The normalized spacial score (nSPS) is 22.2. The number of ether oxygens (including phenoxy) is 3. The van der Waals surface area contributed by atoms with Crippen molar-refractivity contribution in [2.24, 2.45) is 0 Å². The SMILES string of the molecule is C=CCC1(N[C@H](CO)Cc2ccc(OC)cc2)CCC2(CC1)OCCO2. The third-order valence-corrected chi connectivity index (χ3v) is 5.69. The Hall–Kier alpha value is -1.40. The molecule has 1 heterocycles. The molecule has 0 radical (unpaired) electrons. The maximum absolute atomic E-state index is 9.94. The number of aliphatic hydroxyl groups excluding tert-OH is 1. The lowest BCUT2D eigenvalue weighted by Crippen LogP contribution is -2.56. The van der Waals surface area contributed by atoms with Crippen LogP contribution in [0, 0.1) is 0 Å². The van der Waals surface area contributed by atoms with E-state index in [0.29, 0.717) is 13.2 Å². The lowest BCUT2D eigenvalue weighted by atomic mass is 9.76. The molecule has 1 aliphatic heterocycles. The van der Waals surface area contributed by atoms with Gasteiger partial charge in [0.25, 0.3) is 0 Å². The number of hydrogen-bond donors (Lipinski definition) is 2. The standard InChI is InChI=1S/C21H31NO4/c1-3-8-20(9-11-21(12-10-20)25-13-14-26-21)22-18(16-23)15-17-4-6-19(24-2)7-5-17/h3-7,18,22-23H,1,8-16H2,2H3/t18-/m0/s1. The fraction of sp³-hybridized carbons (Fsp3) is 0.619. The first-order valence-electron chi connectivity index (χ1n) is 9.53. The molecule has 2 N–H and O–H groups in total. The van der Waals surface area contributed by atoms with Gasteiger partial charge >= 0.3 is 0 Å². The van der Waals surface area contributed by atoms with Gasteiger partial charge in [-0.2, -0.15) is 0 Å². The first kappa shape index (κ1) is 19.4. The molecule has 144 valence electrons. The minimum absolute atomic E-state index is 0.00260. The third-order valence-electron chi connectivity index (χ3n) is 5.69. The van der Waals surface area contributed by atoms with Crippen LogP contribution < -0.4 is 10.1 Å². The quantitative estimate of drug-likeness (QED) is 0.697. The highest BCUT2D eigenvalue weighted by Gasteiger charge is 2.46. The van der Waals surface area contributed by atoms with Crippen molar-refractivity contribution >= 4 is 0 Å². The topological polar surface area (TPSA) is 60.0 Å². The van der Waals surface area contributed by atoms with Crippen LogP contribution in [-0.2, 0) is 15.9 Å². The van der Waals surface area contributed by atoms with Gasteiger partial charge in [0.15, 0.2) is 5.79 Å². The van der Waals surface area contributed by atoms with Crippen LogP contribution in [0.25, 0.3) is 0 Å². The average Bonchev–Trinajstić information content (AvgIpc) is 3.13. The third kappa shape index (κ3) is 4.46. The molecule has 5 nitrogen and oxygen atoms in total. The van der Waals surface area contributed by atoms with Crippen molar-refractivity contribution in [1.82, 2.24) is 5.32 Å². The number of methoxy groups -OCH3 is 1. The van der Waals surface area contributed by atoms with E-state index in [2.05, 4.69) is 24.0 Å². The number of hydrogen-bond acceptors (Lipinski definition) is 5. The van der Waals surface area contributed by atoms with Crippen molar-refractivity contribution in [2.45, 2.75) is 55.9 Å². The Kier molecular flexibility index (Phi) is 6.35. The summed E-state index contributed by atoms with van der Waals surface area (Å²) in [6.07, 6.45) is 7.31. The van der Waals surface area contributed by atoms with E-state index in [9.17, 15) is 5.11 Å². The van der Waals surface area contributed by atoms with Crippen molar-refractivity contribution in [3.63, 3.8) is 0 Å². The van der Waals surface area contributed by atoms with Gasteiger partial charge in [-0.1, -0.05) is 18.2 Å². The van der Waals surface area contributed by atoms with Crippen molar-refractivity contribution < 1.29 is 19.3 Å². The zero-order valence-electron chi connectivity index (χ0n) is 15.7. The zero-order valence-corrected chi connectivity index (χ0v) is 15.7. The summed E-state index contributed by atoms with van der Waals surface area (Å²) < 4.78 is 16.9. The fourth-order valence-corrected chi connectivity index (χ4v) is 4.22. The Bertz CT molecular complexity index is 570. The molecule has 0 unspecified atom stereocenters. The maximum atomic E-state index is 9.94. The molecule has 1 saturated carbocycles. The summed E-state index contributed by atoms with van der Waals surface area (Å²) in [5.41, 5.74) is 1.13. The van der Waals surface area contributed by atoms with Gasteiger partial charge in [-0.15, -0.1) is 6.58 Å². The van der Waals surface area contributed by atoms with E-state index in [1.54, 1.807) is 7.11 Å². The van der Waals surface area contributed by atoms with Gasteiger partial charge in [-0.25, -0.2) is 0 Å². The molecule has 26 heavy (non-hydrogen) atoms. The second kappa shape index (κ2) is 8.53. The van der Waals surface area contributed by atoms with Crippen molar-refractivity contribution in [3.8, 4) is 5.75 Å². The predicted octanol–water partition coefficient (Wildman–Crippen LogP) is 2.82. The number of nitrogens with one attached hydrogen (secondary N) is 1. The molecule has 2 aliphatic rings. The Morgan fingerprint density at radius 3 is 2.38 bits per heavy atom. The second-order valence-electron chi connectivity index (χ2n) is 7.46. The lowest BCUT2D eigenvalue weighted by Gasteiger charge is -2.45. The van der Waals surface area contributed by atoms with Crippen LogP contribution in [0.1, 0.15) is 37.7 Å². The molecule has 2 fully saturated rings. The Labute approximate surface area is 156 Å². The smallest absolute Gasteiger partial charge is 0.168 e. The van der Waals surface area contributed by atoms with Crippen LogP contribution in [0.3, 0.4) is 0 Å². The number of aliphatic hydroxyl groups is 1. The fourth-order valence-electron chi connectivity index (χ4n) is 4.22. The predicted molar refractivity (Wildman–Crippen MR) is 101 cm³/mol. The maximum Gasteiger partial charge on any atom is 0.168 e. The summed E-state index contributed by atoms with van der Waals surface area (Å²) in [7, 11) is 1.67. The summed E-state index contributed by atoms with van der Waals surface area (Å²) in [6, 6.07) is 8.03. The van der Waals surface area contributed by atoms with Crippen LogP contribution in [-0.4, -0.2) is 49.4 Å². The minimum Gasteiger partial charge on any atom is -0.497 e. The number of benzene rings is 1. The zero-order chi connectivity index (χ0) is 18.5. The highest BCUT2D eigenvalue weighted by molar-refractivity contribution is 5.27. The summed E-state index contributed by atoms with van der Waals surface area (Å²) >= 11 is 0. The van der Waals surface area contributed by atoms with Gasteiger partial charge in [0, 0.05) is 24.4 Å². The monoisotopic (exact) mass is 361 g/mol. The van der Waals surface area contributed by atoms with Gasteiger partial charge in [-0.3, -0.25) is 0 Å². The van der Waals surface area contributed by atoms with E-state index in [4.69, 9.17) is 14.2 Å². The molecular formula is C21H31NO4. The lowest BCUT2D eigenvalue weighted by molar-refractivity contribution is -0.186. The Balaban J connectivity index is 1.64. The molecule has 3 rings (SSSR count). The van der Waals surface area contributed by atoms with Gasteiger partial charge < -0.3 is 24.6 Å². The van der Waals surface area contributed by atoms with Crippen molar-refractivity contribution in [1.29, 1.82) is 0 Å². The second-order valence-corrected chi connectivity index (χ2v) is 7.46. The van der Waals surface area contributed by atoms with E-state index in [1.165, 1.54) is 5.56 Å². The van der Waals surface area contributed by atoms with Gasteiger partial charge in [0.05, 0.1) is 26.9 Å². The first-order valence-corrected chi connectivity index (χ1v) is 9.53. The molecular weight excluding hydrogens is 330 g/mol.